The molecular formula is C18H19NOS. The van der Waals surface area contributed by atoms with E-state index in [1.165, 1.54) is 15.6 Å². The maximum Gasteiger partial charge on any atom is 0.119 e. The lowest BCUT2D eigenvalue weighted by Crippen LogP contribution is -2.13. The summed E-state index contributed by atoms with van der Waals surface area (Å²) >= 11 is 1.78. The van der Waals surface area contributed by atoms with Gasteiger partial charge >= 0.3 is 0 Å². The second kappa shape index (κ2) is 6.29. The van der Waals surface area contributed by atoms with Crippen LogP contribution in [0.25, 0.3) is 10.1 Å². The Morgan fingerprint density at radius 3 is 2.86 bits per heavy atom. The second-order valence-corrected chi connectivity index (χ2v) is 5.98. The lowest BCUT2D eigenvalue weighted by atomic mass is 9.99. The van der Waals surface area contributed by atoms with Gasteiger partial charge in [-0.3, -0.25) is 0 Å². The van der Waals surface area contributed by atoms with E-state index in [9.17, 15) is 0 Å². The number of benzene rings is 2. The molecule has 0 spiro atoms. The largest absolute Gasteiger partial charge is 0.494 e. The van der Waals surface area contributed by atoms with Crippen molar-refractivity contribution in [3.05, 3.63) is 65.0 Å². The van der Waals surface area contributed by atoms with E-state index in [0.717, 1.165) is 17.7 Å². The summed E-state index contributed by atoms with van der Waals surface area (Å²) < 4.78 is 6.87. The zero-order valence-electron chi connectivity index (χ0n) is 12.1. The van der Waals surface area contributed by atoms with Crippen molar-refractivity contribution in [3.8, 4) is 5.75 Å². The van der Waals surface area contributed by atoms with Crippen LogP contribution in [-0.4, -0.2) is 6.61 Å². The van der Waals surface area contributed by atoms with Gasteiger partial charge in [-0.15, -0.1) is 11.3 Å². The van der Waals surface area contributed by atoms with E-state index < -0.39 is 0 Å². The molecule has 108 valence electrons. The van der Waals surface area contributed by atoms with Crippen molar-refractivity contribution in [2.24, 2.45) is 5.73 Å². The highest BCUT2D eigenvalue weighted by molar-refractivity contribution is 7.17. The van der Waals surface area contributed by atoms with Gasteiger partial charge in [0, 0.05) is 10.7 Å². The predicted octanol–water partition coefficient (Wildman–Crippen LogP) is 4.54. The van der Waals surface area contributed by atoms with E-state index in [1.807, 2.05) is 25.1 Å². The van der Waals surface area contributed by atoms with Crippen LogP contribution in [0.15, 0.2) is 53.9 Å². The molecule has 0 saturated heterocycles. The lowest BCUT2D eigenvalue weighted by molar-refractivity contribution is 0.339. The van der Waals surface area contributed by atoms with Gasteiger partial charge in [-0.2, -0.15) is 0 Å². The van der Waals surface area contributed by atoms with Gasteiger partial charge in [-0.1, -0.05) is 30.3 Å². The van der Waals surface area contributed by atoms with E-state index in [2.05, 4.69) is 35.7 Å². The van der Waals surface area contributed by atoms with Crippen molar-refractivity contribution in [3.63, 3.8) is 0 Å². The fourth-order valence-corrected chi connectivity index (χ4v) is 3.52. The molecular weight excluding hydrogens is 278 g/mol. The molecule has 0 saturated carbocycles. The molecule has 0 radical (unpaired) electrons. The summed E-state index contributed by atoms with van der Waals surface area (Å²) in [5, 5.41) is 3.54. The van der Waals surface area contributed by atoms with Crippen LogP contribution in [0.5, 0.6) is 5.75 Å². The summed E-state index contributed by atoms with van der Waals surface area (Å²) in [4.78, 5) is 0. The number of thiophene rings is 1. The lowest BCUT2D eigenvalue weighted by Gasteiger charge is -2.13. The molecule has 1 heterocycles. The minimum absolute atomic E-state index is 0.0107. The van der Waals surface area contributed by atoms with Crippen molar-refractivity contribution in [2.45, 2.75) is 19.4 Å². The van der Waals surface area contributed by atoms with Gasteiger partial charge in [-0.05, 0) is 53.4 Å². The Morgan fingerprint density at radius 1 is 1.14 bits per heavy atom. The highest BCUT2D eigenvalue weighted by Crippen LogP contribution is 2.29. The van der Waals surface area contributed by atoms with Crippen LogP contribution in [0.4, 0.5) is 0 Å². The topological polar surface area (TPSA) is 35.2 Å². The quantitative estimate of drug-likeness (QED) is 0.750. The Morgan fingerprint density at radius 2 is 2.00 bits per heavy atom. The first-order chi connectivity index (χ1) is 10.3. The molecule has 2 aromatic carbocycles. The number of nitrogens with two attached hydrogens (primary N) is 1. The van der Waals surface area contributed by atoms with Crippen LogP contribution < -0.4 is 10.5 Å². The standard InChI is InChI=1S/C18H19NOS/c1-2-20-15-7-5-6-13(10-15)17(19)11-14-12-21-18-9-4-3-8-16(14)18/h3-10,12,17H,2,11,19H2,1H3. The van der Waals surface area contributed by atoms with Crippen LogP contribution in [0.1, 0.15) is 24.1 Å². The summed E-state index contributed by atoms with van der Waals surface area (Å²) in [6.45, 7) is 2.66. The van der Waals surface area contributed by atoms with Gasteiger partial charge in [0.15, 0.2) is 0 Å². The third kappa shape index (κ3) is 3.09. The van der Waals surface area contributed by atoms with Crippen LogP contribution in [0.3, 0.4) is 0 Å². The summed E-state index contributed by atoms with van der Waals surface area (Å²) in [5.74, 6) is 0.889. The summed E-state index contributed by atoms with van der Waals surface area (Å²) in [7, 11) is 0. The van der Waals surface area contributed by atoms with Gasteiger partial charge in [0.2, 0.25) is 0 Å². The number of ether oxygens (including phenoxy) is 1. The van der Waals surface area contributed by atoms with Crippen LogP contribution in [0.2, 0.25) is 0 Å². The average molecular weight is 297 g/mol. The zero-order chi connectivity index (χ0) is 14.7. The highest BCUT2D eigenvalue weighted by Gasteiger charge is 2.11. The summed E-state index contributed by atoms with van der Waals surface area (Å²) in [6.07, 6.45) is 0.847. The Hall–Kier alpha value is -1.84. The van der Waals surface area contributed by atoms with E-state index >= 15 is 0 Å². The van der Waals surface area contributed by atoms with Gasteiger partial charge in [-0.25, -0.2) is 0 Å². The van der Waals surface area contributed by atoms with Crippen molar-refractivity contribution >= 4 is 21.4 Å². The number of hydrogen-bond acceptors (Lipinski definition) is 3. The molecule has 0 aliphatic rings. The van der Waals surface area contributed by atoms with Crippen molar-refractivity contribution < 1.29 is 4.74 Å². The van der Waals surface area contributed by atoms with E-state index in [4.69, 9.17) is 10.5 Å². The molecule has 3 aromatic rings. The SMILES string of the molecule is CCOc1cccc(C(N)Cc2csc3ccccc23)c1. The van der Waals surface area contributed by atoms with Crippen LogP contribution in [-0.2, 0) is 6.42 Å². The second-order valence-electron chi connectivity index (χ2n) is 5.07. The molecule has 1 aromatic heterocycles. The molecule has 0 amide bonds. The Balaban J connectivity index is 1.82. The smallest absolute Gasteiger partial charge is 0.119 e. The molecule has 0 aliphatic carbocycles. The molecule has 0 bridgehead atoms. The average Bonchev–Trinajstić information content (AvgIpc) is 2.91. The zero-order valence-corrected chi connectivity index (χ0v) is 12.9. The molecule has 3 heteroatoms. The molecule has 3 rings (SSSR count). The minimum Gasteiger partial charge on any atom is -0.494 e. The first-order valence-corrected chi connectivity index (χ1v) is 8.09. The minimum atomic E-state index is -0.0107. The molecule has 2 N–H and O–H groups in total. The third-order valence-corrected chi connectivity index (χ3v) is 4.61. The van der Waals surface area contributed by atoms with Crippen molar-refractivity contribution in [2.75, 3.05) is 6.61 Å². The maximum atomic E-state index is 6.39. The highest BCUT2D eigenvalue weighted by atomic mass is 32.1. The fourth-order valence-electron chi connectivity index (χ4n) is 2.55. The van der Waals surface area contributed by atoms with E-state index in [-0.39, 0.29) is 6.04 Å². The van der Waals surface area contributed by atoms with Crippen LogP contribution in [0, 0.1) is 0 Å². The number of hydrogen-bond donors (Lipinski definition) is 1. The molecule has 1 atom stereocenters. The predicted molar refractivity (Wildman–Crippen MR) is 90.1 cm³/mol. The number of rotatable bonds is 5. The Kier molecular flexibility index (Phi) is 4.23. The van der Waals surface area contributed by atoms with Gasteiger partial charge < -0.3 is 10.5 Å². The fraction of sp³-hybridized carbons (Fsp3) is 0.222. The monoisotopic (exact) mass is 297 g/mol. The Bertz CT molecular complexity index is 735. The van der Waals surface area contributed by atoms with Crippen molar-refractivity contribution in [1.29, 1.82) is 0 Å². The third-order valence-electron chi connectivity index (χ3n) is 3.60. The number of fused-ring (bicyclic) bond motifs is 1. The first kappa shape index (κ1) is 14.1. The summed E-state index contributed by atoms with van der Waals surface area (Å²) in [6, 6.07) is 16.6. The molecule has 0 aliphatic heterocycles. The Labute approximate surface area is 129 Å². The summed E-state index contributed by atoms with van der Waals surface area (Å²) in [5.41, 5.74) is 8.84. The normalized spacial score (nSPS) is 12.5. The molecule has 1 unspecified atom stereocenters. The van der Waals surface area contributed by atoms with E-state index in [1.54, 1.807) is 11.3 Å². The maximum absolute atomic E-state index is 6.39. The molecule has 0 fully saturated rings. The molecule has 21 heavy (non-hydrogen) atoms. The van der Waals surface area contributed by atoms with E-state index in [0.29, 0.717) is 6.61 Å². The van der Waals surface area contributed by atoms with Gasteiger partial charge in [0.1, 0.15) is 5.75 Å². The van der Waals surface area contributed by atoms with Crippen molar-refractivity contribution in [1.82, 2.24) is 0 Å². The van der Waals surface area contributed by atoms with Gasteiger partial charge in [0.25, 0.3) is 0 Å². The van der Waals surface area contributed by atoms with Gasteiger partial charge in [0.05, 0.1) is 6.61 Å². The molecule has 2 nitrogen and oxygen atoms in total. The first-order valence-electron chi connectivity index (χ1n) is 7.21. The van der Waals surface area contributed by atoms with Crippen LogP contribution >= 0.6 is 11.3 Å².